The van der Waals surface area contributed by atoms with Crippen molar-refractivity contribution in [3.8, 4) is 0 Å². The largest absolute Gasteiger partial charge is 0.356 e. The zero-order valence-electron chi connectivity index (χ0n) is 16.9. The minimum Gasteiger partial charge on any atom is -0.356 e. The van der Waals surface area contributed by atoms with E-state index in [-0.39, 0.29) is 5.91 Å². The Hall–Kier alpha value is -2.13. The first kappa shape index (κ1) is 22.2. The summed E-state index contributed by atoms with van der Waals surface area (Å²) in [6, 6.07) is 7.58. The smallest absolute Gasteiger partial charge is 0.251 e. The Morgan fingerprint density at radius 3 is 2.57 bits per heavy atom. The van der Waals surface area contributed by atoms with Crippen molar-refractivity contribution < 1.29 is 13.2 Å². The van der Waals surface area contributed by atoms with Gasteiger partial charge in [-0.2, -0.15) is 0 Å². The number of carbonyl (C=O) groups is 1. The molecule has 2 rings (SSSR count). The highest BCUT2D eigenvalue weighted by Gasteiger charge is 2.24. The molecule has 1 aromatic rings. The van der Waals surface area contributed by atoms with Crippen LogP contribution in [0.3, 0.4) is 0 Å². The maximum atomic E-state index is 11.7. The van der Waals surface area contributed by atoms with Gasteiger partial charge in [0.1, 0.15) is 0 Å². The van der Waals surface area contributed by atoms with E-state index in [1.54, 1.807) is 24.5 Å². The Bertz CT molecular complexity index is 787. The van der Waals surface area contributed by atoms with E-state index in [1.165, 1.54) is 6.26 Å². The number of piperidine rings is 1. The molecule has 1 amide bonds. The fourth-order valence-electron chi connectivity index (χ4n) is 3.24. The number of sulfonamides is 1. The number of nitrogens with zero attached hydrogens (tertiary/aromatic N) is 2. The average molecular weight is 410 g/mol. The second-order valence-corrected chi connectivity index (χ2v) is 9.00. The van der Waals surface area contributed by atoms with Crippen molar-refractivity contribution in [3.63, 3.8) is 0 Å². The summed E-state index contributed by atoms with van der Waals surface area (Å²) in [7, 11) is 0.270. The zero-order chi connectivity index (χ0) is 20.6. The molecule has 28 heavy (non-hydrogen) atoms. The van der Waals surface area contributed by atoms with Crippen LogP contribution >= 0.6 is 0 Å². The van der Waals surface area contributed by atoms with Gasteiger partial charge in [0, 0.05) is 45.8 Å². The molecular formula is C19H31N5O3S. The van der Waals surface area contributed by atoms with Crippen LogP contribution in [0.4, 0.5) is 0 Å². The van der Waals surface area contributed by atoms with Crippen molar-refractivity contribution in [2.75, 3.05) is 46.5 Å². The molecule has 0 atom stereocenters. The molecule has 0 saturated carbocycles. The van der Waals surface area contributed by atoms with E-state index in [9.17, 15) is 13.2 Å². The van der Waals surface area contributed by atoms with E-state index in [4.69, 9.17) is 0 Å². The highest BCUT2D eigenvalue weighted by atomic mass is 32.2. The Morgan fingerprint density at radius 2 is 1.96 bits per heavy atom. The summed E-state index contributed by atoms with van der Waals surface area (Å²) in [5.41, 5.74) is 1.74. The van der Waals surface area contributed by atoms with Crippen molar-refractivity contribution in [2.45, 2.75) is 19.3 Å². The van der Waals surface area contributed by atoms with Gasteiger partial charge in [0.25, 0.3) is 5.91 Å². The van der Waals surface area contributed by atoms with Gasteiger partial charge in [-0.25, -0.2) is 12.7 Å². The highest BCUT2D eigenvalue weighted by molar-refractivity contribution is 7.88. The maximum absolute atomic E-state index is 11.7. The molecule has 0 unspecified atom stereocenters. The molecule has 156 valence electrons. The van der Waals surface area contributed by atoms with Gasteiger partial charge in [-0.3, -0.25) is 9.79 Å². The predicted molar refractivity (Wildman–Crippen MR) is 112 cm³/mol. The number of hydrogen-bond donors (Lipinski definition) is 3. The zero-order valence-corrected chi connectivity index (χ0v) is 17.7. The molecular weight excluding hydrogens is 378 g/mol. The Kier molecular flexibility index (Phi) is 8.25. The second-order valence-electron chi connectivity index (χ2n) is 7.01. The number of guanidine groups is 1. The topological polar surface area (TPSA) is 103 Å². The van der Waals surface area contributed by atoms with E-state index in [0.717, 1.165) is 37.3 Å². The lowest BCUT2D eigenvalue weighted by Gasteiger charge is -2.30. The minimum atomic E-state index is -3.08. The Morgan fingerprint density at radius 1 is 1.25 bits per heavy atom. The number of nitrogens with one attached hydrogen (secondary N) is 3. The van der Waals surface area contributed by atoms with Gasteiger partial charge in [-0.05, 0) is 42.9 Å². The molecule has 1 saturated heterocycles. The first-order chi connectivity index (χ1) is 13.3. The monoisotopic (exact) mass is 409 g/mol. The van der Waals surface area contributed by atoms with E-state index in [1.807, 2.05) is 18.2 Å². The molecule has 8 nitrogen and oxygen atoms in total. The van der Waals surface area contributed by atoms with Gasteiger partial charge < -0.3 is 16.0 Å². The molecule has 9 heteroatoms. The number of rotatable bonds is 7. The van der Waals surface area contributed by atoms with Crippen LogP contribution < -0.4 is 16.0 Å². The van der Waals surface area contributed by atoms with Gasteiger partial charge in [-0.1, -0.05) is 12.1 Å². The normalized spacial score (nSPS) is 16.6. The van der Waals surface area contributed by atoms with E-state index in [0.29, 0.717) is 31.1 Å². The van der Waals surface area contributed by atoms with Crippen LogP contribution in [0, 0.1) is 5.92 Å². The summed E-state index contributed by atoms with van der Waals surface area (Å²) >= 11 is 0. The molecule has 0 bridgehead atoms. The van der Waals surface area contributed by atoms with Gasteiger partial charge in [-0.15, -0.1) is 0 Å². The number of amides is 1. The molecule has 3 N–H and O–H groups in total. The highest BCUT2D eigenvalue weighted by Crippen LogP contribution is 2.18. The summed E-state index contributed by atoms with van der Waals surface area (Å²) in [5, 5.41) is 9.24. The molecule has 0 spiro atoms. The first-order valence-corrected chi connectivity index (χ1v) is 11.4. The number of aliphatic imine (C=N–C) groups is 1. The second kappa shape index (κ2) is 10.4. The van der Waals surface area contributed by atoms with E-state index >= 15 is 0 Å². The lowest BCUT2D eigenvalue weighted by atomic mass is 9.98. The average Bonchev–Trinajstić information content (AvgIpc) is 2.69. The lowest BCUT2D eigenvalue weighted by Crippen LogP contribution is -2.44. The summed E-state index contributed by atoms with van der Waals surface area (Å²) in [6.45, 7) is 2.63. The molecule has 1 fully saturated rings. The molecule has 1 heterocycles. The Balaban J connectivity index is 1.73. The number of benzene rings is 1. The van der Waals surface area contributed by atoms with Crippen LogP contribution in [0.2, 0.25) is 0 Å². The molecule has 0 aromatic heterocycles. The minimum absolute atomic E-state index is 0.0887. The summed E-state index contributed by atoms with van der Waals surface area (Å²) in [6.07, 6.45) is 3.74. The van der Waals surface area contributed by atoms with Gasteiger partial charge in [0.2, 0.25) is 10.0 Å². The van der Waals surface area contributed by atoms with Crippen molar-refractivity contribution in [3.05, 3.63) is 35.4 Å². The standard InChI is InChI=1S/C19H31N5O3S/c1-20-18(25)17-6-4-5-15(13-17)7-10-22-19(21-2)23-14-16-8-11-24(12-9-16)28(3,26)27/h4-6,13,16H,7-12,14H2,1-3H3,(H,20,25)(H2,21,22,23). The fraction of sp³-hybridized carbons (Fsp3) is 0.579. The predicted octanol–water partition coefficient (Wildman–Crippen LogP) is 0.425. The molecule has 1 aromatic carbocycles. The van der Waals surface area contributed by atoms with Crippen LogP contribution in [0.25, 0.3) is 0 Å². The van der Waals surface area contributed by atoms with Crippen molar-refractivity contribution in [2.24, 2.45) is 10.9 Å². The maximum Gasteiger partial charge on any atom is 0.251 e. The van der Waals surface area contributed by atoms with Crippen molar-refractivity contribution in [1.29, 1.82) is 0 Å². The molecule has 1 aliphatic rings. The van der Waals surface area contributed by atoms with E-state index < -0.39 is 10.0 Å². The number of carbonyl (C=O) groups excluding carboxylic acids is 1. The molecule has 0 radical (unpaired) electrons. The van der Waals surface area contributed by atoms with Crippen LogP contribution in [-0.2, 0) is 16.4 Å². The van der Waals surface area contributed by atoms with Crippen LogP contribution in [-0.4, -0.2) is 71.1 Å². The molecule has 0 aliphatic carbocycles. The third-order valence-corrected chi connectivity index (χ3v) is 6.25. The van der Waals surface area contributed by atoms with Gasteiger partial charge >= 0.3 is 0 Å². The van der Waals surface area contributed by atoms with Crippen molar-refractivity contribution in [1.82, 2.24) is 20.3 Å². The fourth-order valence-corrected chi connectivity index (χ4v) is 4.12. The summed E-state index contributed by atoms with van der Waals surface area (Å²) in [4.78, 5) is 16.0. The quantitative estimate of drug-likeness (QED) is 0.448. The van der Waals surface area contributed by atoms with Crippen molar-refractivity contribution >= 4 is 21.9 Å². The number of hydrogen-bond acceptors (Lipinski definition) is 4. The van der Waals surface area contributed by atoms with Crippen LogP contribution in [0.5, 0.6) is 0 Å². The third kappa shape index (κ3) is 6.79. The summed E-state index contributed by atoms with van der Waals surface area (Å²) < 4.78 is 24.7. The van der Waals surface area contributed by atoms with Crippen LogP contribution in [0.15, 0.2) is 29.3 Å². The van der Waals surface area contributed by atoms with Gasteiger partial charge in [0.05, 0.1) is 6.26 Å². The van der Waals surface area contributed by atoms with Gasteiger partial charge in [0.15, 0.2) is 5.96 Å². The SMILES string of the molecule is CN=C(NCCc1cccc(C(=O)NC)c1)NCC1CCN(S(C)(=O)=O)CC1. The van der Waals surface area contributed by atoms with E-state index in [2.05, 4.69) is 20.9 Å². The third-order valence-electron chi connectivity index (χ3n) is 4.95. The first-order valence-electron chi connectivity index (χ1n) is 9.54. The lowest BCUT2D eigenvalue weighted by molar-refractivity contribution is 0.0963. The summed E-state index contributed by atoms with van der Waals surface area (Å²) in [5.74, 6) is 1.07. The molecule has 1 aliphatic heterocycles. The Labute approximate surface area is 167 Å². The van der Waals surface area contributed by atoms with Crippen LogP contribution in [0.1, 0.15) is 28.8 Å².